The second-order valence-electron chi connectivity index (χ2n) is 5.19. The summed E-state index contributed by atoms with van der Waals surface area (Å²) in [7, 11) is 0. The molecule has 0 radical (unpaired) electrons. The molecular weight excluding hydrogens is 250 g/mol. The maximum absolute atomic E-state index is 5.75. The second-order valence-corrected chi connectivity index (χ2v) is 5.19. The predicted molar refractivity (Wildman–Crippen MR) is 78.2 cm³/mol. The topological polar surface area (TPSA) is 60.2 Å². The van der Waals surface area contributed by atoms with Crippen molar-refractivity contribution < 1.29 is 4.74 Å². The van der Waals surface area contributed by atoms with Crippen LogP contribution >= 0.6 is 0 Å². The van der Waals surface area contributed by atoms with Crippen LogP contribution in [-0.2, 0) is 0 Å². The molecule has 1 aromatic heterocycles. The third kappa shape index (κ3) is 2.98. The van der Waals surface area contributed by atoms with E-state index >= 15 is 0 Å². The first-order valence-electron chi connectivity index (χ1n) is 6.92. The molecule has 0 bridgehead atoms. The molecule has 0 amide bonds. The summed E-state index contributed by atoms with van der Waals surface area (Å²) in [5.74, 6) is 6.62. The van der Waals surface area contributed by atoms with Crippen molar-refractivity contribution in [2.45, 2.75) is 31.9 Å². The van der Waals surface area contributed by atoms with Crippen LogP contribution < -0.4 is 16.0 Å². The van der Waals surface area contributed by atoms with Gasteiger partial charge < -0.3 is 4.74 Å². The van der Waals surface area contributed by atoms with Crippen molar-refractivity contribution in [2.24, 2.45) is 5.84 Å². The van der Waals surface area contributed by atoms with Gasteiger partial charge in [0.25, 0.3) is 0 Å². The van der Waals surface area contributed by atoms with Gasteiger partial charge >= 0.3 is 0 Å². The molecule has 3 rings (SSSR count). The Balaban J connectivity index is 1.81. The van der Waals surface area contributed by atoms with Crippen LogP contribution in [0.25, 0.3) is 0 Å². The van der Waals surface area contributed by atoms with E-state index < -0.39 is 0 Å². The van der Waals surface area contributed by atoms with Crippen LogP contribution in [0.5, 0.6) is 5.75 Å². The zero-order valence-electron chi connectivity index (χ0n) is 11.5. The molecule has 104 valence electrons. The molecule has 1 atom stereocenters. The molecule has 1 saturated carbocycles. The summed E-state index contributed by atoms with van der Waals surface area (Å²) in [5.41, 5.74) is 5.81. The number of ether oxygens (including phenoxy) is 1. The van der Waals surface area contributed by atoms with Crippen LogP contribution in [-0.4, -0.2) is 11.1 Å². The number of aromatic nitrogens is 1. The summed E-state index contributed by atoms with van der Waals surface area (Å²) in [5, 5.41) is 0. The highest BCUT2D eigenvalue weighted by atomic mass is 16.5. The lowest BCUT2D eigenvalue weighted by Crippen LogP contribution is -2.29. The van der Waals surface area contributed by atoms with E-state index in [1.807, 2.05) is 49.4 Å². The summed E-state index contributed by atoms with van der Waals surface area (Å²) >= 11 is 0. The number of aryl methyl sites for hydroxylation is 1. The first-order chi connectivity index (χ1) is 9.76. The fourth-order valence-corrected chi connectivity index (χ4v) is 2.19. The van der Waals surface area contributed by atoms with Crippen LogP contribution in [0, 0.1) is 6.92 Å². The number of nitrogens with one attached hydrogen (secondary N) is 1. The van der Waals surface area contributed by atoms with Gasteiger partial charge in [-0.25, -0.2) is 5.43 Å². The van der Waals surface area contributed by atoms with Gasteiger partial charge in [-0.2, -0.15) is 0 Å². The van der Waals surface area contributed by atoms with Crippen LogP contribution in [0.1, 0.15) is 35.8 Å². The van der Waals surface area contributed by atoms with Crippen molar-refractivity contribution in [3.05, 3.63) is 59.4 Å². The molecular formula is C16H19N3O. The lowest BCUT2D eigenvalue weighted by Gasteiger charge is -2.17. The lowest BCUT2D eigenvalue weighted by atomic mass is 10.0. The normalized spacial score (nSPS) is 15.9. The number of nitrogens with two attached hydrogens (primary N) is 1. The van der Waals surface area contributed by atoms with Crippen molar-refractivity contribution in [3.8, 4) is 5.75 Å². The molecule has 1 unspecified atom stereocenters. The summed E-state index contributed by atoms with van der Waals surface area (Å²) in [6, 6.07) is 13.9. The molecule has 1 aliphatic carbocycles. The number of pyridine rings is 1. The molecule has 4 heteroatoms. The SMILES string of the molecule is Cc1cccc(C(NN)c2ccc(OC3CC3)cc2)n1. The van der Waals surface area contributed by atoms with E-state index in [2.05, 4.69) is 10.4 Å². The third-order valence-electron chi connectivity index (χ3n) is 3.41. The number of rotatable bonds is 5. The standard InChI is InChI=1S/C16H19N3O/c1-11-3-2-4-15(18-11)16(19-17)12-5-7-13(8-6-12)20-14-9-10-14/h2-8,14,16,19H,9-10,17H2,1H3. The average Bonchev–Trinajstić information content (AvgIpc) is 3.26. The minimum Gasteiger partial charge on any atom is -0.490 e. The summed E-state index contributed by atoms with van der Waals surface area (Å²) in [6.45, 7) is 1.98. The number of benzene rings is 1. The number of hydrogen-bond donors (Lipinski definition) is 2. The Kier molecular flexibility index (Phi) is 3.67. The number of hydrazine groups is 1. The number of nitrogens with zero attached hydrogens (tertiary/aromatic N) is 1. The molecule has 1 heterocycles. The van der Waals surface area contributed by atoms with E-state index in [4.69, 9.17) is 10.6 Å². The van der Waals surface area contributed by atoms with Gasteiger partial charge in [0.2, 0.25) is 0 Å². The van der Waals surface area contributed by atoms with E-state index in [1.54, 1.807) is 0 Å². The van der Waals surface area contributed by atoms with E-state index in [0.717, 1.165) is 22.7 Å². The zero-order chi connectivity index (χ0) is 13.9. The summed E-state index contributed by atoms with van der Waals surface area (Å²) < 4.78 is 5.75. The maximum Gasteiger partial charge on any atom is 0.119 e. The van der Waals surface area contributed by atoms with Gasteiger partial charge in [-0.15, -0.1) is 0 Å². The Morgan fingerprint density at radius 3 is 2.55 bits per heavy atom. The highest BCUT2D eigenvalue weighted by Gasteiger charge is 2.23. The summed E-state index contributed by atoms with van der Waals surface area (Å²) in [6.07, 6.45) is 2.76. The Hall–Kier alpha value is -1.91. The summed E-state index contributed by atoms with van der Waals surface area (Å²) in [4.78, 5) is 4.53. The first-order valence-corrected chi connectivity index (χ1v) is 6.92. The van der Waals surface area contributed by atoms with E-state index in [1.165, 1.54) is 12.8 Å². The molecule has 0 aliphatic heterocycles. The molecule has 3 N–H and O–H groups in total. The number of hydrogen-bond acceptors (Lipinski definition) is 4. The fraction of sp³-hybridized carbons (Fsp3) is 0.312. The van der Waals surface area contributed by atoms with E-state index in [0.29, 0.717) is 6.10 Å². The minimum atomic E-state index is -0.107. The largest absolute Gasteiger partial charge is 0.490 e. The molecule has 0 saturated heterocycles. The Morgan fingerprint density at radius 1 is 1.20 bits per heavy atom. The van der Waals surface area contributed by atoms with Crippen LogP contribution in [0.2, 0.25) is 0 Å². The predicted octanol–water partition coefficient (Wildman–Crippen LogP) is 2.48. The molecule has 0 spiro atoms. The smallest absolute Gasteiger partial charge is 0.119 e. The van der Waals surface area contributed by atoms with Gasteiger partial charge in [0, 0.05) is 5.69 Å². The first kappa shape index (κ1) is 13.1. The van der Waals surface area contributed by atoms with Crippen LogP contribution in [0.15, 0.2) is 42.5 Å². The van der Waals surface area contributed by atoms with Crippen LogP contribution in [0.4, 0.5) is 0 Å². The van der Waals surface area contributed by atoms with Crippen molar-refractivity contribution in [1.29, 1.82) is 0 Å². The average molecular weight is 269 g/mol. The monoisotopic (exact) mass is 269 g/mol. The highest BCUT2D eigenvalue weighted by Crippen LogP contribution is 2.28. The van der Waals surface area contributed by atoms with Crippen molar-refractivity contribution in [2.75, 3.05) is 0 Å². The molecule has 20 heavy (non-hydrogen) atoms. The second kappa shape index (κ2) is 5.61. The molecule has 1 aliphatic rings. The van der Waals surface area contributed by atoms with Crippen molar-refractivity contribution in [3.63, 3.8) is 0 Å². The van der Waals surface area contributed by atoms with E-state index in [9.17, 15) is 0 Å². The van der Waals surface area contributed by atoms with Crippen molar-refractivity contribution >= 4 is 0 Å². The lowest BCUT2D eigenvalue weighted by molar-refractivity contribution is 0.303. The van der Waals surface area contributed by atoms with Gasteiger partial charge in [0.05, 0.1) is 17.8 Å². The van der Waals surface area contributed by atoms with Gasteiger partial charge in [-0.1, -0.05) is 18.2 Å². The minimum absolute atomic E-state index is 0.107. The molecule has 4 nitrogen and oxygen atoms in total. The fourth-order valence-electron chi connectivity index (χ4n) is 2.19. The Labute approximate surface area is 119 Å². The molecule has 2 aromatic rings. The van der Waals surface area contributed by atoms with Gasteiger partial charge in [-0.3, -0.25) is 10.8 Å². The Bertz CT molecular complexity index is 579. The maximum atomic E-state index is 5.75. The highest BCUT2D eigenvalue weighted by molar-refractivity contribution is 5.33. The third-order valence-corrected chi connectivity index (χ3v) is 3.41. The van der Waals surface area contributed by atoms with Gasteiger partial charge in [0.15, 0.2) is 0 Å². The molecule has 1 aromatic carbocycles. The zero-order valence-corrected chi connectivity index (χ0v) is 11.5. The molecule has 1 fully saturated rings. The van der Waals surface area contributed by atoms with Crippen LogP contribution in [0.3, 0.4) is 0 Å². The van der Waals surface area contributed by atoms with Gasteiger partial charge in [0.1, 0.15) is 5.75 Å². The quantitative estimate of drug-likeness (QED) is 0.646. The Morgan fingerprint density at radius 2 is 1.95 bits per heavy atom. The van der Waals surface area contributed by atoms with E-state index in [-0.39, 0.29) is 6.04 Å². The van der Waals surface area contributed by atoms with Gasteiger partial charge in [-0.05, 0) is 49.6 Å². The van der Waals surface area contributed by atoms with Crippen molar-refractivity contribution in [1.82, 2.24) is 10.4 Å².